The van der Waals surface area contributed by atoms with Crippen LogP contribution in [0.3, 0.4) is 0 Å². The van der Waals surface area contributed by atoms with Crippen molar-refractivity contribution in [2.75, 3.05) is 13.1 Å². The number of nitrogens with zero attached hydrogens (tertiary/aromatic N) is 3. The average Bonchev–Trinajstić information content (AvgIpc) is 2.88. The summed E-state index contributed by atoms with van der Waals surface area (Å²) in [5.41, 5.74) is 0. The summed E-state index contributed by atoms with van der Waals surface area (Å²) in [6.07, 6.45) is 5.31. The highest BCUT2D eigenvalue weighted by Gasteiger charge is 2.23. The minimum atomic E-state index is -0.0888. The van der Waals surface area contributed by atoms with Gasteiger partial charge in [0.15, 0.2) is 0 Å². The number of carbonyl (C=O) groups is 2. The quantitative estimate of drug-likeness (QED) is 0.678. The molecule has 0 radical (unpaired) electrons. The molecule has 2 N–H and O–H groups in total. The molecule has 1 aliphatic heterocycles. The lowest BCUT2D eigenvalue weighted by atomic mass is 9.98. The van der Waals surface area contributed by atoms with E-state index in [1.54, 1.807) is 17.1 Å². The Morgan fingerprint density at radius 2 is 2.50 bits per heavy atom. The van der Waals surface area contributed by atoms with Crippen LogP contribution in [0.2, 0.25) is 0 Å². The monoisotopic (exact) mass is 251 g/mol. The molecule has 0 spiro atoms. The van der Waals surface area contributed by atoms with Gasteiger partial charge in [0.25, 0.3) is 0 Å². The third kappa shape index (κ3) is 3.54. The van der Waals surface area contributed by atoms with Crippen LogP contribution in [0.25, 0.3) is 0 Å². The molecule has 0 aromatic carbocycles. The first-order valence-electron chi connectivity index (χ1n) is 6.14. The van der Waals surface area contributed by atoms with Crippen molar-refractivity contribution in [3.63, 3.8) is 0 Å². The van der Waals surface area contributed by atoms with E-state index < -0.39 is 0 Å². The standard InChI is InChI=1S/C11H17N5O2/c17-10-3-2-9(8-13-10)11(18)12-4-1-6-16-7-5-14-15-16/h5,7,9H,1-4,6,8H2,(H,12,18)(H,13,17). The fraction of sp³-hybridized carbons (Fsp3) is 0.636. The van der Waals surface area contributed by atoms with Gasteiger partial charge in [0.05, 0.1) is 12.1 Å². The molecule has 1 fully saturated rings. The maximum Gasteiger partial charge on any atom is 0.224 e. The molecule has 1 saturated heterocycles. The molecular formula is C11H17N5O2. The molecule has 0 aliphatic carbocycles. The number of amides is 2. The van der Waals surface area contributed by atoms with Crippen LogP contribution in [0.5, 0.6) is 0 Å². The van der Waals surface area contributed by atoms with Gasteiger partial charge in [0.2, 0.25) is 11.8 Å². The van der Waals surface area contributed by atoms with Gasteiger partial charge in [-0.15, -0.1) is 5.10 Å². The van der Waals surface area contributed by atoms with Crippen LogP contribution < -0.4 is 10.6 Å². The number of hydrogen-bond donors (Lipinski definition) is 2. The fourth-order valence-electron chi connectivity index (χ4n) is 1.91. The summed E-state index contributed by atoms with van der Waals surface area (Å²) in [4.78, 5) is 22.7. The SMILES string of the molecule is O=C1CCC(C(=O)NCCCn2ccnn2)CN1. The van der Waals surface area contributed by atoms with Gasteiger partial charge in [-0.05, 0) is 12.8 Å². The van der Waals surface area contributed by atoms with Gasteiger partial charge >= 0.3 is 0 Å². The first kappa shape index (κ1) is 12.5. The molecule has 1 atom stereocenters. The van der Waals surface area contributed by atoms with E-state index in [0.29, 0.717) is 25.9 Å². The van der Waals surface area contributed by atoms with Gasteiger partial charge in [-0.2, -0.15) is 0 Å². The molecule has 1 unspecified atom stereocenters. The summed E-state index contributed by atoms with van der Waals surface area (Å²) in [5, 5.41) is 13.1. The first-order chi connectivity index (χ1) is 8.75. The van der Waals surface area contributed by atoms with Crippen molar-refractivity contribution in [2.45, 2.75) is 25.8 Å². The zero-order chi connectivity index (χ0) is 12.8. The van der Waals surface area contributed by atoms with Crippen LogP contribution in [0.15, 0.2) is 12.4 Å². The number of aromatic nitrogens is 3. The number of aryl methyl sites for hydroxylation is 1. The van der Waals surface area contributed by atoms with Crippen LogP contribution in [0.1, 0.15) is 19.3 Å². The third-order valence-electron chi connectivity index (χ3n) is 2.97. The van der Waals surface area contributed by atoms with Gasteiger partial charge in [-0.25, -0.2) is 0 Å². The van der Waals surface area contributed by atoms with E-state index in [2.05, 4.69) is 20.9 Å². The molecule has 1 aromatic heterocycles. The van der Waals surface area contributed by atoms with Crippen molar-refractivity contribution in [1.82, 2.24) is 25.6 Å². The lowest BCUT2D eigenvalue weighted by molar-refractivity contribution is -0.128. The van der Waals surface area contributed by atoms with Gasteiger partial charge in [0, 0.05) is 32.3 Å². The lowest BCUT2D eigenvalue weighted by Crippen LogP contribution is -2.43. The zero-order valence-corrected chi connectivity index (χ0v) is 10.1. The maximum absolute atomic E-state index is 11.8. The Labute approximate surface area is 105 Å². The minimum absolute atomic E-state index is 0.0218. The highest BCUT2D eigenvalue weighted by molar-refractivity contribution is 5.83. The van der Waals surface area contributed by atoms with Crippen LogP contribution in [0, 0.1) is 5.92 Å². The molecule has 7 nitrogen and oxygen atoms in total. The maximum atomic E-state index is 11.8. The topological polar surface area (TPSA) is 88.9 Å². The number of piperidine rings is 1. The Bertz CT molecular complexity index is 394. The molecule has 1 aromatic rings. The number of carbonyl (C=O) groups excluding carboxylic acids is 2. The van der Waals surface area contributed by atoms with Crippen molar-refractivity contribution in [1.29, 1.82) is 0 Å². The molecule has 7 heteroatoms. The van der Waals surface area contributed by atoms with E-state index in [0.717, 1.165) is 13.0 Å². The summed E-state index contributed by atoms with van der Waals surface area (Å²) >= 11 is 0. The third-order valence-corrected chi connectivity index (χ3v) is 2.97. The van der Waals surface area contributed by atoms with Crippen LogP contribution in [0.4, 0.5) is 0 Å². The molecule has 2 amide bonds. The molecular weight excluding hydrogens is 234 g/mol. The lowest BCUT2D eigenvalue weighted by Gasteiger charge is -2.21. The summed E-state index contributed by atoms with van der Waals surface area (Å²) in [6, 6.07) is 0. The molecule has 1 aliphatic rings. The summed E-state index contributed by atoms with van der Waals surface area (Å²) in [5.74, 6) is -0.0344. The van der Waals surface area contributed by atoms with E-state index in [9.17, 15) is 9.59 Å². The second-order valence-corrected chi connectivity index (χ2v) is 4.35. The van der Waals surface area contributed by atoms with Gasteiger partial charge in [-0.3, -0.25) is 14.3 Å². The van der Waals surface area contributed by atoms with Crippen molar-refractivity contribution < 1.29 is 9.59 Å². The normalized spacial score (nSPS) is 19.3. The van der Waals surface area contributed by atoms with Crippen molar-refractivity contribution in [2.24, 2.45) is 5.92 Å². The number of rotatable bonds is 5. The largest absolute Gasteiger partial charge is 0.356 e. The average molecular weight is 251 g/mol. The first-order valence-corrected chi connectivity index (χ1v) is 6.14. The van der Waals surface area contributed by atoms with E-state index in [1.165, 1.54) is 0 Å². The summed E-state index contributed by atoms with van der Waals surface area (Å²) in [6.45, 7) is 1.80. The number of hydrogen-bond acceptors (Lipinski definition) is 4. The molecule has 0 saturated carbocycles. The van der Waals surface area contributed by atoms with E-state index in [1.807, 2.05) is 0 Å². The molecule has 98 valence electrons. The zero-order valence-electron chi connectivity index (χ0n) is 10.1. The van der Waals surface area contributed by atoms with E-state index >= 15 is 0 Å². The van der Waals surface area contributed by atoms with Crippen molar-refractivity contribution in [3.8, 4) is 0 Å². The van der Waals surface area contributed by atoms with E-state index in [4.69, 9.17) is 0 Å². The Hall–Kier alpha value is -1.92. The second-order valence-electron chi connectivity index (χ2n) is 4.35. The smallest absolute Gasteiger partial charge is 0.224 e. The second kappa shape index (κ2) is 6.13. The van der Waals surface area contributed by atoms with Crippen LogP contribution >= 0.6 is 0 Å². The Morgan fingerprint density at radius 1 is 1.61 bits per heavy atom. The Kier molecular flexibility index (Phi) is 4.27. The predicted molar refractivity (Wildman–Crippen MR) is 63.4 cm³/mol. The summed E-state index contributed by atoms with van der Waals surface area (Å²) in [7, 11) is 0. The predicted octanol–water partition coefficient (Wildman–Crippen LogP) is -0.689. The molecule has 0 bridgehead atoms. The Balaban J connectivity index is 1.61. The summed E-state index contributed by atoms with van der Waals surface area (Å²) < 4.78 is 1.73. The van der Waals surface area contributed by atoms with Crippen LogP contribution in [-0.2, 0) is 16.1 Å². The van der Waals surface area contributed by atoms with Crippen molar-refractivity contribution >= 4 is 11.8 Å². The van der Waals surface area contributed by atoms with Gasteiger partial charge in [-0.1, -0.05) is 5.21 Å². The molecule has 2 heterocycles. The van der Waals surface area contributed by atoms with E-state index in [-0.39, 0.29) is 17.7 Å². The van der Waals surface area contributed by atoms with Crippen molar-refractivity contribution in [3.05, 3.63) is 12.4 Å². The number of nitrogens with one attached hydrogen (secondary N) is 2. The molecule has 18 heavy (non-hydrogen) atoms. The molecule has 2 rings (SSSR count). The van der Waals surface area contributed by atoms with Gasteiger partial charge in [0.1, 0.15) is 0 Å². The fourth-order valence-corrected chi connectivity index (χ4v) is 1.91. The highest BCUT2D eigenvalue weighted by atomic mass is 16.2. The van der Waals surface area contributed by atoms with Crippen LogP contribution in [-0.4, -0.2) is 39.9 Å². The minimum Gasteiger partial charge on any atom is -0.356 e. The highest BCUT2D eigenvalue weighted by Crippen LogP contribution is 2.10. The Morgan fingerprint density at radius 3 is 3.17 bits per heavy atom. The van der Waals surface area contributed by atoms with Gasteiger partial charge < -0.3 is 10.6 Å².